The number of pyridine rings is 1. The van der Waals surface area contributed by atoms with Crippen molar-refractivity contribution in [2.24, 2.45) is 5.92 Å². The van der Waals surface area contributed by atoms with Gasteiger partial charge >= 0.3 is 12.1 Å². The van der Waals surface area contributed by atoms with Crippen molar-refractivity contribution < 1.29 is 36.3 Å². The van der Waals surface area contributed by atoms with Gasteiger partial charge in [0.15, 0.2) is 5.69 Å². The summed E-state index contributed by atoms with van der Waals surface area (Å²) in [6.07, 6.45) is -8.96. The van der Waals surface area contributed by atoms with Gasteiger partial charge in [-0.25, -0.2) is 18.6 Å². The lowest BCUT2D eigenvalue weighted by atomic mass is 9.91. The Morgan fingerprint density at radius 3 is 2.16 bits per heavy atom. The SMILES string of the molecule is COC(=O)c1c(C(F)F)nc(C(F)(F)F)c(C(=O)Sc2ccc(Cl)cc2)c1CC(C)C. The molecular weight excluding hydrogens is 465 g/mol. The highest BCUT2D eigenvalue weighted by Crippen LogP contribution is 2.40. The maximum Gasteiger partial charge on any atom is 0.434 e. The molecule has 0 unspecified atom stereocenters. The third-order valence-electron chi connectivity index (χ3n) is 4.03. The van der Waals surface area contributed by atoms with Gasteiger partial charge in [0.05, 0.1) is 18.2 Å². The molecule has 1 heterocycles. The summed E-state index contributed by atoms with van der Waals surface area (Å²) in [5, 5.41) is -0.743. The first-order valence-corrected chi connectivity index (χ1v) is 10.0. The fourth-order valence-corrected chi connectivity index (χ4v) is 3.77. The van der Waals surface area contributed by atoms with Gasteiger partial charge in [-0.2, -0.15) is 13.2 Å². The van der Waals surface area contributed by atoms with Gasteiger partial charge in [0.2, 0.25) is 5.12 Å². The molecule has 4 nitrogen and oxygen atoms in total. The lowest BCUT2D eigenvalue weighted by Crippen LogP contribution is -2.24. The van der Waals surface area contributed by atoms with E-state index in [9.17, 15) is 31.5 Å². The molecule has 0 saturated carbocycles. The number of rotatable bonds is 6. The van der Waals surface area contributed by atoms with Crippen LogP contribution in [0.4, 0.5) is 22.0 Å². The van der Waals surface area contributed by atoms with Crippen molar-refractivity contribution in [3.05, 3.63) is 57.4 Å². The number of hydrogen-bond acceptors (Lipinski definition) is 5. The summed E-state index contributed by atoms with van der Waals surface area (Å²) >= 11 is 6.22. The van der Waals surface area contributed by atoms with E-state index >= 15 is 0 Å². The molecule has 11 heteroatoms. The van der Waals surface area contributed by atoms with Crippen molar-refractivity contribution in [1.82, 2.24) is 4.98 Å². The number of aromatic nitrogens is 1. The van der Waals surface area contributed by atoms with E-state index in [-0.39, 0.29) is 17.2 Å². The zero-order valence-electron chi connectivity index (χ0n) is 16.5. The highest BCUT2D eigenvalue weighted by atomic mass is 35.5. The molecule has 0 radical (unpaired) electrons. The quantitative estimate of drug-likeness (QED) is 0.264. The Kier molecular flexibility index (Phi) is 8.04. The summed E-state index contributed by atoms with van der Waals surface area (Å²) in [6, 6.07) is 5.72. The molecule has 0 N–H and O–H groups in total. The largest absolute Gasteiger partial charge is 0.465 e. The number of esters is 1. The summed E-state index contributed by atoms with van der Waals surface area (Å²) in [7, 11) is 0.901. The third kappa shape index (κ3) is 5.94. The molecule has 0 atom stereocenters. The van der Waals surface area contributed by atoms with E-state index in [0.717, 1.165) is 7.11 Å². The maximum absolute atomic E-state index is 13.8. The van der Waals surface area contributed by atoms with Crippen LogP contribution in [0.3, 0.4) is 0 Å². The van der Waals surface area contributed by atoms with Gasteiger partial charge in [-0.15, -0.1) is 0 Å². The molecule has 31 heavy (non-hydrogen) atoms. The molecule has 0 bridgehead atoms. The Labute approximate surface area is 184 Å². The standard InChI is InChI=1S/C20H17ClF5NO3S/c1-9(2)8-12-13(18(28)30-3)15(17(22)23)27-16(20(24,25)26)14(12)19(29)31-11-6-4-10(21)5-7-11/h4-7,9,17H,8H2,1-3H3. The van der Waals surface area contributed by atoms with Gasteiger partial charge in [-0.1, -0.05) is 25.4 Å². The number of alkyl halides is 5. The van der Waals surface area contributed by atoms with Gasteiger partial charge in [-0.05, 0) is 53.9 Å². The number of carbonyl (C=O) groups excluding carboxylic acids is 2. The van der Waals surface area contributed by atoms with Crippen LogP contribution in [0.5, 0.6) is 0 Å². The number of halogens is 6. The Balaban J connectivity index is 2.84. The smallest absolute Gasteiger partial charge is 0.434 e. The predicted molar refractivity (Wildman–Crippen MR) is 106 cm³/mol. The molecule has 168 valence electrons. The molecule has 2 aromatic rings. The lowest BCUT2D eigenvalue weighted by Gasteiger charge is -2.21. The number of hydrogen-bond donors (Lipinski definition) is 0. The minimum atomic E-state index is -5.21. The second-order valence-corrected chi connectivity index (χ2v) is 8.29. The van der Waals surface area contributed by atoms with Gasteiger partial charge in [0.1, 0.15) is 5.69 Å². The topological polar surface area (TPSA) is 56.3 Å². The number of ether oxygens (including phenoxy) is 1. The van der Waals surface area contributed by atoms with Crippen molar-refractivity contribution in [2.45, 2.75) is 37.8 Å². The first kappa shape index (κ1) is 25.1. The highest BCUT2D eigenvalue weighted by molar-refractivity contribution is 8.14. The zero-order valence-corrected chi connectivity index (χ0v) is 18.1. The van der Waals surface area contributed by atoms with Crippen LogP contribution in [-0.2, 0) is 17.3 Å². The minimum absolute atomic E-state index is 0.252. The minimum Gasteiger partial charge on any atom is -0.465 e. The fraction of sp³-hybridized carbons (Fsp3) is 0.350. The molecule has 0 fully saturated rings. The van der Waals surface area contributed by atoms with Crippen molar-refractivity contribution >= 4 is 34.4 Å². The predicted octanol–water partition coefficient (Wildman–Crippen LogP) is 6.61. The zero-order chi connectivity index (χ0) is 23.5. The maximum atomic E-state index is 13.8. The van der Waals surface area contributed by atoms with Gasteiger partial charge in [-0.3, -0.25) is 4.79 Å². The molecule has 0 aliphatic heterocycles. The summed E-state index contributed by atoms with van der Waals surface area (Å²) in [6.45, 7) is 3.22. The van der Waals surface area contributed by atoms with E-state index in [4.69, 9.17) is 11.6 Å². The number of thioether (sulfide) groups is 1. The second kappa shape index (κ2) is 9.95. The van der Waals surface area contributed by atoms with Crippen LogP contribution in [0.25, 0.3) is 0 Å². The molecule has 0 amide bonds. The first-order chi connectivity index (χ1) is 14.4. The van der Waals surface area contributed by atoms with E-state index < -0.39 is 51.8 Å². The molecule has 0 aliphatic carbocycles. The second-order valence-electron chi connectivity index (χ2n) is 6.81. The van der Waals surface area contributed by atoms with Gasteiger partial charge in [0.25, 0.3) is 6.43 Å². The number of methoxy groups -OCH3 is 1. The van der Waals surface area contributed by atoms with E-state index in [0.29, 0.717) is 16.8 Å². The summed E-state index contributed by atoms with van der Waals surface area (Å²) in [5.41, 5.74) is -5.36. The van der Waals surface area contributed by atoms with Crippen LogP contribution in [-0.4, -0.2) is 23.2 Å². The summed E-state index contributed by atoms with van der Waals surface area (Å²) < 4.78 is 73.0. The molecule has 0 saturated heterocycles. The average molecular weight is 482 g/mol. The normalized spacial score (nSPS) is 11.8. The van der Waals surface area contributed by atoms with Gasteiger partial charge in [0, 0.05) is 9.92 Å². The Hall–Kier alpha value is -2.20. The highest BCUT2D eigenvalue weighted by Gasteiger charge is 2.42. The monoisotopic (exact) mass is 481 g/mol. The Morgan fingerprint density at radius 1 is 1.13 bits per heavy atom. The Morgan fingerprint density at radius 2 is 1.71 bits per heavy atom. The summed E-state index contributed by atoms with van der Waals surface area (Å²) in [4.78, 5) is 28.5. The molecule has 0 aliphatic rings. The lowest BCUT2D eigenvalue weighted by molar-refractivity contribution is -0.141. The number of nitrogens with zero attached hydrogens (tertiary/aromatic N) is 1. The van der Waals surface area contributed by atoms with Crippen molar-refractivity contribution in [3.63, 3.8) is 0 Å². The average Bonchev–Trinajstić information content (AvgIpc) is 2.66. The van der Waals surface area contributed by atoms with Gasteiger partial charge < -0.3 is 4.74 Å². The number of benzene rings is 1. The molecule has 1 aromatic heterocycles. The van der Waals surface area contributed by atoms with Crippen LogP contribution in [0.2, 0.25) is 5.02 Å². The Bertz CT molecular complexity index is 978. The molecule has 2 rings (SSSR count). The third-order valence-corrected chi connectivity index (χ3v) is 5.18. The van der Waals surface area contributed by atoms with E-state index in [1.165, 1.54) is 24.3 Å². The van der Waals surface area contributed by atoms with Crippen LogP contribution < -0.4 is 0 Å². The fourth-order valence-electron chi connectivity index (χ4n) is 2.84. The molecule has 1 aromatic carbocycles. The van der Waals surface area contributed by atoms with E-state index in [2.05, 4.69) is 9.72 Å². The van der Waals surface area contributed by atoms with Crippen LogP contribution >= 0.6 is 23.4 Å². The van der Waals surface area contributed by atoms with Crippen molar-refractivity contribution in [3.8, 4) is 0 Å². The van der Waals surface area contributed by atoms with E-state index in [1.807, 2.05) is 0 Å². The van der Waals surface area contributed by atoms with Crippen LogP contribution in [0.1, 0.15) is 57.9 Å². The van der Waals surface area contributed by atoms with Crippen LogP contribution in [0, 0.1) is 5.92 Å². The first-order valence-electron chi connectivity index (χ1n) is 8.84. The van der Waals surface area contributed by atoms with E-state index in [1.54, 1.807) is 13.8 Å². The molecular formula is C20H17ClF5NO3S. The van der Waals surface area contributed by atoms with Crippen LogP contribution in [0.15, 0.2) is 29.2 Å². The van der Waals surface area contributed by atoms with Crippen molar-refractivity contribution in [2.75, 3.05) is 7.11 Å². The van der Waals surface area contributed by atoms with Crippen molar-refractivity contribution in [1.29, 1.82) is 0 Å². The molecule has 0 spiro atoms. The number of carbonyl (C=O) groups is 2. The summed E-state index contributed by atoms with van der Waals surface area (Å²) in [5.74, 6) is -1.66.